The molecule has 0 heterocycles. The van der Waals surface area contributed by atoms with Crippen LogP contribution in [0.15, 0.2) is 0 Å². The number of ether oxygens (including phenoxy) is 1. The number of nitrogens with one attached hydrogen (secondary N) is 1. The topological polar surface area (TPSA) is 105 Å². The maximum atomic E-state index is 11.3. The number of nitrogens with zero attached hydrogens (tertiary/aromatic N) is 1. The Hall–Kier alpha value is -1.50. The van der Waals surface area contributed by atoms with E-state index in [1.165, 1.54) is 0 Å². The molecule has 0 aromatic heterocycles. The maximum Gasteiger partial charge on any atom is 0.407 e. The van der Waals surface area contributed by atoms with Crippen LogP contribution in [-0.2, 0) is 4.74 Å². The van der Waals surface area contributed by atoms with Crippen LogP contribution in [0.4, 0.5) is 9.59 Å². The van der Waals surface area contributed by atoms with Crippen LogP contribution in [0.2, 0.25) is 0 Å². The lowest BCUT2D eigenvalue weighted by atomic mass is 10.2. The summed E-state index contributed by atoms with van der Waals surface area (Å²) in [5, 5.41) is 11.8. The van der Waals surface area contributed by atoms with Gasteiger partial charge in [-0.25, -0.2) is 14.7 Å². The summed E-state index contributed by atoms with van der Waals surface area (Å²) in [4.78, 5) is 21.8. The first-order valence-corrected chi connectivity index (χ1v) is 4.87. The lowest BCUT2D eigenvalue weighted by Gasteiger charge is -2.23. The van der Waals surface area contributed by atoms with E-state index in [0.717, 1.165) is 0 Å². The number of hydrogen-bond donors (Lipinski definition) is 3. The first-order valence-electron chi connectivity index (χ1n) is 4.87. The summed E-state index contributed by atoms with van der Waals surface area (Å²) < 4.78 is 4.98. The Bertz CT molecular complexity index is 262. The van der Waals surface area contributed by atoms with E-state index in [2.05, 4.69) is 5.32 Å². The van der Waals surface area contributed by atoms with Crippen molar-refractivity contribution in [3.05, 3.63) is 0 Å². The highest BCUT2D eigenvalue weighted by Crippen LogP contribution is 2.06. The molecule has 0 aliphatic carbocycles. The second-order valence-corrected chi connectivity index (χ2v) is 4.47. The fraction of sp³-hybridized carbons (Fsp3) is 0.778. The fourth-order valence-corrected chi connectivity index (χ4v) is 0.904. The molecule has 94 valence electrons. The number of alkyl carbamates (subject to hydrolysis) is 1. The smallest absolute Gasteiger partial charge is 0.407 e. The molecule has 0 radical (unpaired) electrons. The van der Waals surface area contributed by atoms with E-state index in [1.54, 1.807) is 27.7 Å². The van der Waals surface area contributed by atoms with Crippen LogP contribution in [0.25, 0.3) is 0 Å². The van der Waals surface area contributed by atoms with E-state index in [4.69, 9.17) is 15.7 Å². The molecule has 0 spiro atoms. The predicted molar refractivity (Wildman–Crippen MR) is 56.9 cm³/mol. The molecule has 0 aliphatic heterocycles. The van der Waals surface area contributed by atoms with E-state index >= 15 is 0 Å². The van der Waals surface area contributed by atoms with Gasteiger partial charge in [0.2, 0.25) is 0 Å². The summed E-state index contributed by atoms with van der Waals surface area (Å²) in [6.45, 7) is 6.71. The van der Waals surface area contributed by atoms with Crippen molar-refractivity contribution in [2.45, 2.75) is 39.3 Å². The van der Waals surface area contributed by atoms with E-state index < -0.39 is 23.8 Å². The molecule has 0 aromatic rings. The van der Waals surface area contributed by atoms with Gasteiger partial charge in [-0.05, 0) is 27.7 Å². The molecule has 0 fully saturated rings. The molecule has 0 rings (SSSR count). The zero-order chi connectivity index (χ0) is 12.9. The molecule has 16 heavy (non-hydrogen) atoms. The molecular weight excluding hydrogens is 214 g/mol. The number of amides is 3. The Balaban J connectivity index is 4.01. The van der Waals surface area contributed by atoms with Crippen molar-refractivity contribution < 1.29 is 19.5 Å². The second-order valence-electron chi connectivity index (χ2n) is 4.47. The Labute approximate surface area is 94.5 Å². The van der Waals surface area contributed by atoms with Gasteiger partial charge in [0, 0.05) is 6.04 Å². The number of carbonyl (C=O) groups is 2. The van der Waals surface area contributed by atoms with Crippen LogP contribution >= 0.6 is 0 Å². The quantitative estimate of drug-likeness (QED) is 0.492. The van der Waals surface area contributed by atoms with Crippen LogP contribution < -0.4 is 11.1 Å². The third kappa shape index (κ3) is 6.88. The van der Waals surface area contributed by atoms with Crippen molar-refractivity contribution in [2.75, 3.05) is 6.54 Å². The van der Waals surface area contributed by atoms with Crippen molar-refractivity contribution in [1.82, 2.24) is 10.4 Å². The third-order valence-corrected chi connectivity index (χ3v) is 1.46. The summed E-state index contributed by atoms with van der Waals surface area (Å²) in [5.74, 6) is 0. The Morgan fingerprint density at radius 1 is 1.50 bits per heavy atom. The van der Waals surface area contributed by atoms with Gasteiger partial charge in [-0.3, -0.25) is 5.21 Å². The molecule has 0 aliphatic rings. The maximum absolute atomic E-state index is 11.3. The highest BCUT2D eigenvalue weighted by molar-refractivity contribution is 5.71. The SMILES string of the molecule is C[C@H](CN(O)C(N)=O)NC(=O)OC(C)(C)C. The number of carbonyl (C=O) groups excluding carboxylic acids is 2. The van der Waals surface area contributed by atoms with Gasteiger partial charge in [-0.2, -0.15) is 0 Å². The summed E-state index contributed by atoms with van der Waals surface area (Å²) in [6.07, 6.45) is -0.613. The minimum atomic E-state index is -0.974. The van der Waals surface area contributed by atoms with Crippen LogP contribution in [-0.4, -0.2) is 40.6 Å². The zero-order valence-corrected chi connectivity index (χ0v) is 9.98. The standard InChI is InChI=1S/C9H19N3O4/c1-6(5-12(15)7(10)13)11-8(14)16-9(2,3)4/h6,15H,5H2,1-4H3,(H2,10,13)(H,11,14)/t6-/m1/s1. The average molecular weight is 233 g/mol. The van der Waals surface area contributed by atoms with E-state index in [1.807, 2.05) is 0 Å². The van der Waals surface area contributed by atoms with Gasteiger partial charge in [-0.1, -0.05) is 0 Å². The molecular formula is C9H19N3O4. The summed E-state index contributed by atoms with van der Waals surface area (Å²) in [7, 11) is 0. The van der Waals surface area contributed by atoms with Crippen molar-refractivity contribution >= 4 is 12.1 Å². The summed E-state index contributed by atoms with van der Waals surface area (Å²) in [5.41, 5.74) is 4.22. The third-order valence-electron chi connectivity index (χ3n) is 1.46. The molecule has 7 heteroatoms. The lowest BCUT2D eigenvalue weighted by Crippen LogP contribution is -2.46. The summed E-state index contributed by atoms with van der Waals surface area (Å²) in [6, 6.07) is -1.44. The predicted octanol–water partition coefficient (Wildman–Crippen LogP) is 0.669. The van der Waals surface area contributed by atoms with E-state index in [0.29, 0.717) is 5.06 Å². The zero-order valence-electron chi connectivity index (χ0n) is 9.98. The average Bonchev–Trinajstić information content (AvgIpc) is 1.98. The molecule has 0 saturated carbocycles. The van der Waals surface area contributed by atoms with Crippen molar-refractivity contribution in [3.63, 3.8) is 0 Å². The van der Waals surface area contributed by atoms with Crippen molar-refractivity contribution in [1.29, 1.82) is 0 Å². The van der Waals surface area contributed by atoms with Crippen LogP contribution in [0.3, 0.4) is 0 Å². The minimum absolute atomic E-state index is 0.103. The van der Waals surface area contributed by atoms with Gasteiger partial charge in [0.05, 0.1) is 6.54 Å². The lowest BCUT2D eigenvalue weighted by molar-refractivity contribution is -0.0450. The molecule has 1 atom stereocenters. The number of hydrogen-bond acceptors (Lipinski definition) is 4. The number of primary amides is 1. The summed E-state index contributed by atoms with van der Waals surface area (Å²) >= 11 is 0. The van der Waals surface area contributed by atoms with Gasteiger partial charge in [-0.15, -0.1) is 0 Å². The number of hydroxylamine groups is 2. The largest absolute Gasteiger partial charge is 0.444 e. The van der Waals surface area contributed by atoms with Gasteiger partial charge in [0.25, 0.3) is 0 Å². The Morgan fingerprint density at radius 2 is 2.00 bits per heavy atom. The normalized spacial score (nSPS) is 12.8. The van der Waals surface area contributed by atoms with Gasteiger partial charge < -0.3 is 15.8 Å². The second kappa shape index (κ2) is 5.55. The monoisotopic (exact) mass is 233 g/mol. The Morgan fingerprint density at radius 3 is 2.38 bits per heavy atom. The molecule has 0 bridgehead atoms. The van der Waals surface area contributed by atoms with Crippen molar-refractivity contribution in [2.24, 2.45) is 5.73 Å². The Kier molecular flexibility index (Phi) is 5.03. The highest BCUT2D eigenvalue weighted by Gasteiger charge is 2.19. The number of rotatable bonds is 3. The van der Waals surface area contributed by atoms with E-state index in [-0.39, 0.29) is 6.54 Å². The number of urea groups is 1. The molecule has 0 aromatic carbocycles. The van der Waals surface area contributed by atoms with Crippen molar-refractivity contribution in [3.8, 4) is 0 Å². The van der Waals surface area contributed by atoms with Crippen LogP contribution in [0.5, 0.6) is 0 Å². The molecule has 3 amide bonds. The molecule has 0 unspecified atom stereocenters. The van der Waals surface area contributed by atoms with E-state index in [9.17, 15) is 9.59 Å². The van der Waals surface area contributed by atoms with Crippen LogP contribution in [0, 0.1) is 0 Å². The first-order chi connectivity index (χ1) is 7.11. The highest BCUT2D eigenvalue weighted by atomic mass is 16.6. The molecule has 4 N–H and O–H groups in total. The van der Waals surface area contributed by atoms with Gasteiger partial charge >= 0.3 is 12.1 Å². The molecule has 7 nitrogen and oxygen atoms in total. The van der Waals surface area contributed by atoms with Gasteiger partial charge in [0.15, 0.2) is 0 Å². The minimum Gasteiger partial charge on any atom is -0.444 e. The number of nitrogens with two attached hydrogens (primary N) is 1. The molecule has 0 saturated heterocycles. The first kappa shape index (κ1) is 14.5. The van der Waals surface area contributed by atoms with Crippen LogP contribution in [0.1, 0.15) is 27.7 Å². The van der Waals surface area contributed by atoms with Gasteiger partial charge in [0.1, 0.15) is 5.60 Å². The fourth-order valence-electron chi connectivity index (χ4n) is 0.904.